The number of likely N-dealkylation sites (tertiary alicyclic amines) is 1. The van der Waals surface area contributed by atoms with Gasteiger partial charge >= 0.3 is 0 Å². The molecule has 0 saturated carbocycles. The maximum absolute atomic E-state index is 13.6. The third kappa shape index (κ3) is 5.65. The van der Waals surface area contributed by atoms with Crippen LogP contribution in [-0.2, 0) is 29.0 Å². The molecule has 1 saturated heterocycles. The maximum atomic E-state index is 13.6. The maximum Gasteiger partial charge on any atom is 0.245 e. The van der Waals surface area contributed by atoms with Gasteiger partial charge in [0.2, 0.25) is 11.8 Å². The molecule has 4 aromatic carbocycles. The first-order chi connectivity index (χ1) is 17.7. The van der Waals surface area contributed by atoms with E-state index in [1.807, 2.05) is 76.5 Å². The summed E-state index contributed by atoms with van der Waals surface area (Å²) in [6, 6.07) is 34.4. The highest BCUT2D eigenvalue weighted by molar-refractivity contribution is 5.90. The van der Waals surface area contributed by atoms with Gasteiger partial charge < -0.3 is 9.80 Å². The lowest BCUT2D eigenvalue weighted by Gasteiger charge is -2.28. The van der Waals surface area contributed by atoms with E-state index in [1.54, 1.807) is 0 Å². The van der Waals surface area contributed by atoms with Gasteiger partial charge in [-0.1, -0.05) is 103 Å². The molecular formula is C32H32N2O2. The first kappa shape index (κ1) is 23.8. The molecule has 1 aliphatic rings. The number of fused-ring (bicyclic) bond motifs is 1. The predicted octanol–water partition coefficient (Wildman–Crippen LogP) is 5.64. The van der Waals surface area contributed by atoms with E-state index in [-0.39, 0.29) is 11.8 Å². The number of nitrogens with zero attached hydrogens (tertiary/aromatic N) is 2. The Hall–Kier alpha value is -3.92. The van der Waals surface area contributed by atoms with E-state index in [4.69, 9.17) is 0 Å². The van der Waals surface area contributed by atoms with Gasteiger partial charge in [-0.05, 0) is 46.7 Å². The second kappa shape index (κ2) is 11.2. The molecule has 1 heterocycles. The molecule has 4 aromatic rings. The summed E-state index contributed by atoms with van der Waals surface area (Å²) in [7, 11) is 0. The zero-order chi connectivity index (χ0) is 24.7. The van der Waals surface area contributed by atoms with Crippen molar-refractivity contribution in [2.24, 2.45) is 0 Å². The minimum atomic E-state index is -0.391. The van der Waals surface area contributed by atoms with Crippen molar-refractivity contribution in [1.29, 1.82) is 0 Å². The molecule has 0 N–H and O–H groups in total. The quantitative estimate of drug-likeness (QED) is 0.313. The van der Waals surface area contributed by atoms with Crippen LogP contribution in [0.15, 0.2) is 103 Å². The number of benzene rings is 4. The highest BCUT2D eigenvalue weighted by Gasteiger charge is 2.37. The van der Waals surface area contributed by atoms with Gasteiger partial charge in [-0.15, -0.1) is 0 Å². The molecule has 1 unspecified atom stereocenters. The average molecular weight is 477 g/mol. The van der Waals surface area contributed by atoms with Crippen molar-refractivity contribution in [3.63, 3.8) is 0 Å². The number of carbonyl (C=O) groups is 2. The van der Waals surface area contributed by atoms with Crippen molar-refractivity contribution < 1.29 is 9.59 Å². The standard InChI is InChI=1S/C32H32N2O2/c35-31(23-27-17-18-28-15-7-8-16-29(28)22-27)34(20-9-14-25-10-3-1-4-11-25)30-19-21-33(32(30)36)24-26-12-5-2-6-13-26/h1-8,10-13,15-18,22,30H,9,14,19-21,23-24H2. The van der Waals surface area contributed by atoms with E-state index in [9.17, 15) is 9.59 Å². The Kier molecular flexibility index (Phi) is 7.41. The minimum absolute atomic E-state index is 0.0262. The molecule has 1 atom stereocenters. The molecule has 0 aliphatic carbocycles. The van der Waals surface area contributed by atoms with Gasteiger partial charge in [0.15, 0.2) is 0 Å². The van der Waals surface area contributed by atoms with Gasteiger partial charge in [0.1, 0.15) is 6.04 Å². The molecule has 5 rings (SSSR count). The molecule has 2 amide bonds. The molecule has 1 fully saturated rings. The predicted molar refractivity (Wildman–Crippen MR) is 144 cm³/mol. The van der Waals surface area contributed by atoms with E-state index in [2.05, 4.69) is 36.4 Å². The molecule has 36 heavy (non-hydrogen) atoms. The summed E-state index contributed by atoms with van der Waals surface area (Å²) in [4.78, 5) is 30.8. The van der Waals surface area contributed by atoms with Crippen LogP contribution in [0.4, 0.5) is 0 Å². The van der Waals surface area contributed by atoms with Crippen LogP contribution in [-0.4, -0.2) is 40.7 Å². The first-order valence-electron chi connectivity index (χ1n) is 12.8. The Labute approximate surface area is 213 Å². The summed E-state index contributed by atoms with van der Waals surface area (Å²) in [5.41, 5.74) is 3.35. The van der Waals surface area contributed by atoms with E-state index in [0.29, 0.717) is 32.5 Å². The molecular weight excluding hydrogens is 444 g/mol. The van der Waals surface area contributed by atoms with Crippen LogP contribution < -0.4 is 0 Å². The van der Waals surface area contributed by atoms with Crippen molar-refractivity contribution in [3.8, 4) is 0 Å². The zero-order valence-electron chi connectivity index (χ0n) is 20.6. The van der Waals surface area contributed by atoms with Crippen LogP contribution >= 0.6 is 0 Å². The van der Waals surface area contributed by atoms with Gasteiger partial charge in [0, 0.05) is 19.6 Å². The summed E-state index contributed by atoms with van der Waals surface area (Å²) in [5.74, 6) is 0.0867. The fourth-order valence-corrected chi connectivity index (χ4v) is 5.15. The lowest BCUT2D eigenvalue weighted by molar-refractivity contribution is -0.142. The van der Waals surface area contributed by atoms with Crippen molar-refractivity contribution in [2.45, 2.75) is 38.3 Å². The average Bonchev–Trinajstić information content (AvgIpc) is 3.27. The van der Waals surface area contributed by atoms with E-state index in [1.165, 1.54) is 5.56 Å². The van der Waals surface area contributed by atoms with Gasteiger partial charge in [0.25, 0.3) is 0 Å². The fraction of sp³-hybridized carbons (Fsp3) is 0.250. The summed E-state index contributed by atoms with van der Waals surface area (Å²) < 4.78 is 0. The Balaban J connectivity index is 1.31. The van der Waals surface area contributed by atoms with Crippen LogP contribution in [0.1, 0.15) is 29.5 Å². The molecule has 182 valence electrons. The molecule has 0 aromatic heterocycles. The number of amides is 2. The molecule has 1 aliphatic heterocycles. The zero-order valence-corrected chi connectivity index (χ0v) is 20.6. The van der Waals surface area contributed by atoms with Crippen molar-refractivity contribution >= 4 is 22.6 Å². The Bertz CT molecular complexity index is 1320. The van der Waals surface area contributed by atoms with Gasteiger partial charge in [-0.3, -0.25) is 9.59 Å². The molecule has 0 spiro atoms. The number of hydrogen-bond acceptors (Lipinski definition) is 2. The highest BCUT2D eigenvalue weighted by Crippen LogP contribution is 2.23. The number of rotatable bonds is 9. The highest BCUT2D eigenvalue weighted by atomic mass is 16.2. The first-order valence-corrected chi connectivity index (χ1v) is 12.8. The van der Waals surface area contributed by atoms with Crippen LogP contribution in [0.25, 0.3) is 10.8 Å². The van der Waals surface area contributed by atoms with Gasteiger partial charge in [0.05, 0.1) is 6.42 Å². The second-order valence-electron chi connectivity index (χ2n) is 9.58. The summed E-state index contributed by atoms with van der Waals surface area (Å²) in [6.07, 6.45) is 2.70. The summed E-state index contributed by atoms with van der Waals surface area (Å²) in [6.45, 7) is 1.85. The van der Waals surface area contributed by atoms with Crippen molar-refractivity contribution in [1.82, 2.24) is 9.80 Å². The Morgan fingerprint density at radius 3 is 2.19 bits per heavy atom. The SMILES string of the molecule is O=C1C(N(CCCc2ccccc2)C(=O)Cc2ccc3ccccc3c2)CCN1Cc1ccccc1. The Morgan fingerprint density at radius 1 is 0.778 bits per heavy atom. The minimum Gasteiger partial charge on any atom is -0.336 e. The van der Waals surface area contributed by atoms with Crippen molar-refractivity contribution in [3.05, 3.63) is 120 Å². The second-order valence-corrected chi connectivity index (χ2v) is 9.58. The largest absolute Gasteiger partial charge is 0.336 e. The monoisotopic (exact) mass is 476 g/mol. The number of hydrogen-bond donors (Lipinski definition) is 0. The third-order valence-corrected chi connectivity index (χ3v) is 7.06. The molecule has 0 radical (unpaired) electrons. The van der Waals surface area contributed by atoms with E-state index < -0.39 is 6.04 Å². The van der Waals surface area contributed by atoms with E-state index in [0.717, 1.165) is 34.7 Å². The summed E-state index contributed by atoms with van der Waals surface area (Å²) in [5, 5.41) is 2.29. The lowest BCUT2D eigenvalue weighted by Crippen LogP contribution is -2.46. The fourth-order valence-electron chi connectivity index (χ4n) is 5.15. The van der Waals surface area contributed by atoms with Crippen molar-refractivity contribution in [2.75, 3.05) is 13.1 Å². The van der Waals surface area contributed by atoms with Crippen LogP contribution in [0, 0.1) is 0 Å². The van der Waals surface area contributed by atoms with Crippen LogP contribution in [0.5, 0.6) is 0 Å². The Morgan fingerprint density at radius 2 is 1.44 bits per heavy atom. The molecule has 0 bridgehead atoms. The topological polar surface area (TPSA) is 40.6 Å². The molecule has 4 heteroatoms. The van der Waals surface area contributed by atoms with Crippen LogP contribution in [0.2, 0.25) is 0 Å². The lowest BCUT2D eigenvalue weighted by atomic mass is 10.0. The smallest absolute Gasteiger partial charge is 0.245 e. The normalized spacial score (nSPS) is 15.4. The summed E-state index contributed by atoms with van der Waals surface area (Å²) >= 11 is 0. The third-order valence-electron chi connectivity index (χ3n) is 7.06. The number of aryl methyl sites for hydroxylation is 1. The van der Waals surface area contributed by atoms with Crippen LogP contribution in [0.3, 0.4) is 0 Å². The molecule has 4 nitrogen and oxygen atoms in total. The van der Waals surface area contributed by atoms with E-state index >= 15 is 0 Å². The van der Waals surface area contributed by atoms with Gasteiger partial charge in [-0.25, -0.2) is 0 Å². The number of carbonyl (C=O) groups excluding carboxylic acids is 2. The van der Waals surface area contributed by atoms with Gasteiger partial charge in [-0.2, -0.15) is 0 Å².